The summed E-state index contributed by atoms with van der Waals surface area (Å²) in [6.45, 7) is 6.64. The Morgan fingerprint density at radius 1 is 1.23 bits per heavy atom. The predicted molar refractivity (Wildman–Crippen MR) is 117 cm³/mol. The van der Waals surface area contributed by atoms with E-state index in [1.54, 1.807) is 17.0 Å². The van der Waals surface area contributed by atoms with Crippen LogP contribution in [0.3, 0.4) is 0 Å². The maximum atomic E-state index is 14.4. The lowest BCUT2D eigenvalue weighted by Crippen LogP contribution is -2.36. The minimum absolute atomic E-state index is 0.184. The van der Waals surface area contributed by atoms with Gasteiger partial charge in [-0.1, -0.05) is 29.8 Å². The number of amides is 1. The second kappa shape index (κ2) is 8.38. The van der Waals surface area contributed by atoms with E-state index in [2.05, 4.69) is 4.98 Å². The number of ether oxygens (including phenoxy) is 2. The quantitative estimate of drug-likeness (QED) is 0.549. The molecule has 0 unspecified atom stereocenters. The van der Waals surface area contributed by atoms with Crippen LogP contribution >= 0.6 is 11.6 Å². The third kappa shape index (κ3) is 4.77. The first-order valence-electron chi connectivity index (χ1n) is 10.2. The molecule has 0 saturated carbocycles. The summed E-state index contributed by atoms with van der Waals surface area (Å²) in [5.74, 6) is -0.381. The molecule has 1 aliphatic rings. The molecule has 2 heterocycles. The highest BCUT2D eigenvalue weighted by Crippen LogP contribution is 2.28. The van der Waals surface area contributed by atoms with Crippen LogP contribution in [-0.2, 0) is 11.3 Å². The average Bonchev–Trinajstić information content (AvgIpc) is 3.29. The lowest BCUT2D eigenvalue weighted by Gasteiger charge is -2.24. The highest BCUT2D eigenvalue weighted by atomic mass is 35.5. The zero-order chi connectivity index (χ0) is 22.2. The van der Waals surface area contributed by atoms with Crippen molar-refractivity contribution >= 4 is 28.7 Å². The maximum absolute atomic E-state index is 14.4. The molecule has 2 aromatic carbocycles. The summed E-state index contributed by atoms with van der Waals surface area (Å²) in [6.07, 6.45) is 0.0625. The molecule has 31 heavy (non-hydrogen) atoms. The Morgan fingerprint density at radius 2 is 2.00 bits per heavy atom. The highest BCUT2D eigenvalue weighted by Gasteiger charge is 2.32. The van der Waals surface area contributed by atoms with Gasteiger partial charge in [-0.2, -0.15) is 4.98 Å². The largest absolute Gasteiger partial charge is 0.459 e. The number of imidazole rings is 1. The lowest BCUT2D eigenvalue weighted by molar-refractivity contribution is 0.0273. The van der Waals surface area contributed by atoms with E-state index in [0.717, 1.165) is 11.0 Å². The van der Waals surface area contributed by atoms with Gasteiger partial charge in [0.1, 0.15) is 17.5 Å². The molecule has 1 saturated heterocycles. The molecule has 0 bridgehead atoms. The van der Waals surface area contributed by atoms with Gasteiger partial charge >= 0.3 is 6.09 Å². The van der Waals surface area contributed by atoms with E-state index >= 15 is 0 Å². The SMILES string of the molecule is CC(C)(C)OC(=O)N1CC[C@@H](Oc2nc3ccccc3n2Cc2c(F)cccc2Cl)C1. The summed E-state index contributed by atoms with van der Waals surface area (Å²) in [5, 5.41) is 0.348. The van der Waals surface area contributed by atoms with Crippen molar-refractivity contribution in [3.8, 4) is 6.01 Å². The number of fused-ring (bicyclic) bond motifs is 1. The van der Waals surface area contributed by atoms with Crippen molar-refractivity contribution < 1.29 is 18.7 Å². The molecule has 8 heteroatoms. The molecule has 1 fully saturated rings. The number of hydrogen-bond donors (Lipinski definition) is 0. The lowest BCUT2D eigenvalue weighted by atomic mass is 10.2. The monoisotopic (exact) mass is 445 g/mol. The number of likely N-dealkylation sites (tertiary alicyclic amines) is 1. The highest BCUT2D eigenvalue weighted by molar-refractivity contribution is 6.31. The number of carbonyl (C=O) groups excluding carboxylic acids is 1. The first-order chi connectivity index (χ1) is 14.7. The van der Waals surface area contributed by atoms with Crippen LogP contribution in [0.2, 0.25) is 5.02 Å². The second-order valence-corrected chi connectivity index (χ2v) is 9.03. The number of carbonyl (C=O) groups is 1. The molecule has 6 nitrogen and oxygen atoms in total. The molecule has 0 spiro atoms. The fraction of sp³-hybridized carbons (Fsp3) is 0.391. The van der Waals surface area contributed by atoms with Crippen LogP contribution < -0.4 is 4.74 Å². The van der Waals surface area contributed by atoms with E-state index in [-0.39, 0.29) is 24.6 Å². The summed E-state index contributed by atoms with van der Waals surface area (Å²) in [6, 6.07) is 12.6. The maximum Gasteiger partial charge on any atom is 0.410 e. The van der Waals surface area contributed by atoms with Crippen LogP contribution in [0, 0.1) is 5.82 Å². The number of aromatic nitrogens is 2. The number of rotatable bonds is 4. The summed E-state index contributed by atoms with van der Waals surface area (Å²) < 4.78 is 27.9. The number of para-hydroxylation sites is 2. The van der Waals surface area contributed by atoms with Crippen molar-refractivity contribution in [3.05, 3.63) is 58.9 Å². The molecule has 164 valence electrons. The molecule has 1 aliphatic heterocycles. The number of nitrogens with zero attached hydrogens (tertiary/aromatic N) is 3. The van der Waals surface area contributed by atoms with Crippen molar-refractivity contribution in [2.24, 2.45) is 0 Å². The van der Waals surface area contributed by atoms with Gasteiger partial charge in [-0.05, 0) is 45.0 Å². The Labute approximate surface area is 185 Å². The molecular formula is C23H25ClFN3O3. The van der Waals surface area contributed by atoms with Crippen molar-refractivity contribution in [2.45, 2.75) is 45.4 Å². The van der Waals surface area contributed by atoms with Crippen molar-refractivity contribution in [1.82, 2.24) is 14.5 Å². The van der Waals surface area contributed by atoms with E-state index in [4.69, 9.17) is 21.1 Å². The van der Waals surface area contributed by atoms with Crippen LogP contribution in [0.15, 0.2) is 42.5 Å². The molecule has 1 amide bonds. The fourth-order valence-electron chi connectivity index (χ4n) is 3.60. The van der Waals surface area contributed by atoms with Crippen LogP contribution in [0.1, 0.15) is 32.8 Å². The van der Waals surface area contributed by atoms with Crippen LogP contribution in [0.4, 0.5) is 9.18 Å². The zero-order valence-corrected chi connectivity index (χ0v) is 18.5. The van der Waals surface area contributed by atoms with Gasteiger partial charge in [-0.15, -0.1) is 0 Å². The van der Waals surface area contributed by atoms with Gasteiger partial charge in [-0.25, -0.2) is 9.18 Å². The zero-order valence-electron chi connectivity index (χ0n) is 17.8. The standard InChI is InChI=1S/C23H25ClFN3O3/c1-23(2,3)31-22(29)27-12-11-15(13-27)30-21-26-19-9-4-5-10-20(19)28(21)14-16-17(24)7-6-8-18(16)25/h4-10,15H,11-14H2,1-3H3/t15-/m1/s1. The predicted octanol–water partition coefficient (Wildman–Crippen LogP) is 5.27. The minimum Gasteiger partial charge on any atom is -0.459 e. The van der Waals surface area contributed by atoms with Crippen molar-refractivity contribution in [1.29, 1.82) is 0 Å². The summed E-state index contributed by atoms with van der Waals surface area (Å²) >= 11 is 6.25. The first-order valence-corrected chi connectivity index (χ1v) is 10.6. The van der Waals surface area contributed by atoms with E-state index in [0.29, 0.717) is 36.1 Å². The Kier molecular flexibility index (Phi) is 5.79. The third-order valence-electron chi connectivity index (χ3n) is 5.07. The minimum atomic E-state index is -0.553. The van der Waals surface area contributed by atoms with Crippen molar-refractivity contribution in [3.63, 3.8) is 0 Å². The normalized spacial score (nSPS) is 16.7. The molecule has 0 aliphatic carbocycles. The molecule has 4 rings (SSSR count). The fourth-order valence-corrected chi connectivity index (χ4v) is 3.83. The first kappa shape index (κ1) is 21.4. The smallest absolute Gasteiger partial charge is 0.410 e. The summed E-state index contributed by atoms with van der Waals surface area (Å²) in [5.41, 5.74) is 1.38. The van der Waals surface area contributed by atoms with E-state index in [9.17, 15) is 9.18 Å². The summed E-state index contributed by atoms with van der Waals surface area (Å²) in [7, 11) is 0. The van der Waals surface area contributed by atoms with Gasteiger partial charge < -0.3 is 14.4 Å². The van der Waals surface area contributed by atoms with Crippen LogP contribution in [0.25, 0.3) is 11.0 Å². The molecule has 1 aromatic heterocycles. The Morgan fingerprint density at radius 3 is 2.74 bits per heavy atom. The number of hydrogen-bond acceptors (Lipinski definition) is 4. The van der Waals surface area contributed by atoms with E-state index in [1.165, 1.54) is 6.07 Å². The van der Waals surface area contributed by atoms with Crippen LogP contribution in [-0.4, -0.2) is 45.3 Å². The number of benzene rings is 2. The van der Waals surface area contributed by atoms with Gasteiger partial charge in [0.05, 0.1) is 24.1 Å². The Hall–Kier alpha value is -2.80. The topological polar surface area (TPSA) is 56.6 Å². The van der Waals surface area contributed by atoms with Gasteiger partial charge in [-0.3, -0.25) is 4.57 Å². The molecule has 3 aromatic rings. The van der Waals surface area contributed by atoms with E-state index in [1.807, 2.05) is 49.6 Å². The van der Waals surface area contributed by atoms with E-state index < -0.39 is 5.60 Å². The third-order valence-corrected chi connectivity index (χ3v) is 5.42. The van der Waals surface area contributed by atoms with Gasteiger partial charge in [0.2, 0.25) is 0 Å². The van der Waals surface area contributed by atoms with Gasteiger partial charge in [0.15, 0.2) is 0 Å². The van der Waals surface area contributed by atoms with Gasteiger partial charge in [0.25, 0.3) is 6.01 Å². The molecule has 0 radical (unpaired) electrons. The van der Waals surface area contributed by atoms with Crippen molar-refractivity contribution in [2.75, 3.05) is 13.1 Å². The van der Waals surface area contributed by atoms with Gasteiger partial charge in [0, 0.05) is 23.6 Å². The second-order valence-electron chi connectivity index (χ2n) is 8.62. The summed E-state index contributed by atoms with van der Waals surface area (Å²) in [4.78, 5) is 18.6. The molecule has 0 N–H and O–H groups in total. The molecule has 1 atom stereocenters. The molecular weight excluding hydrogens is 421 g/mol. The van der Waals surface area contributed by atoms with Crippen LogP contribution in [0.5, 0.6) is 6.01 Å². The Bertz CT molecular complexity index is 1090. The number of halogens is 2. The Balaban J connectivity index is 1.57. The average molecular weight is 446 g/mol.